The Morgan fingerprint density at radius 1 is 1.04 bits per heavy atom. The van der Waals surface area contributed by atoms with Crippen molar-refractivity contribution in [1.29, 1.82) is 0 Å². The summed E-state index contributed by atoms with van der Waals surface area (Å²) in [5.74, 6) is -0.113. The summed E-state index contributed by atoms with van der Waals surface area (Å²) in [6.45, 7) is 4.42. The second-order valence-electron chi connectivity index (χ2n) is 5.76. The molecule has 0 spiro atoms. The molecule has 2 aromatic carbocycles. The number of hydrogen-bond donors (Lipinski definition) is 1. The number of nitrogens with zero attached hydrogens (tertiary/aromatic N) is 1. The smallest absolute Gasteiger partial charge is 0.254 e. The van der Waals surface area contributed by atoms with E-state index in [0.29, 0.717) is 12.1 Å². The highest BCUT2D eigenvalue weighted by Crippen LogP contribution is 2.15. The highest BCUT2D eigenvalue weighted by molar-refractivity contribution is 5.96. The third-order valence-corrected chi connectivity index (χ3v) is 3.83. The Kier molecular flexibility index (Phi) is 5.16. The molecule has 4 nitrogen and oxygen atoms in total. The molecule has 0 unspecified atom stereocenters. The molecule has 0 radical (unpaired) electrons. The Morgan fingerprint density at radius 3 is 2.30 bits per heavy atom. The molecule has 2 aromatic rings. The van der Waals surface area contributed by atoms with Gasteiger partial charge in [0.25, 0.3) is 11.8 Å². The van der Waals surface area contributed by atoms with Crippen LogP contribution in [0.25, 0.3) is 0 Å². The topological polar surface area (TPSA) is 49.4 Å². The van der Waals surface area contributed by atoms with Crippen LogP contribution in [0.2, 0.25) is 0 Å². The van der Waals surface area contributed by atoms with E-state index in [4.69, 9.17) is 0 Å². The number of hydrogen-bond acceptors (Lipinski definition) is 2. The fourth-order valence-corrected chi connectivity index (χ4v) is 2.42. The van der Waals surface area contributed by atoms with Crippen LogP contribution in [0.5, 0.6) is 0 Å². The van der Waals surface area contributed by atoms with Crippen molar-refractivity contribution in [3.63, 3.8) is 0 Å². The van der Waals surface area contributed by atoms with E-state index >= 15 is 0 Å². The van der Waals surface area contributed by atoms with E-state index in [1.165, 1.54) is 0 Å². The summed E-state index contributed by atoms with van der Waals surface area (Å²) >= 11 is 0. The van der Waals surface area contributed by atoms with E-state index in [1.54, 1.807) is 31.1 Å². The van der Waals surface area contributed by atoms with Gasteiger partial charge in [-0.25, -0.2) is 0 Å². The molecule has 0 saturated heterocycles. The van der Waals surface area contributed by atoms with Crippen LogP contribution in [0.3, 0.4) is 0 Å². The molecule has 120 valence electrons. The van der Waals surface area contributed by atoms with E-state index in [9.17, 15) is 9.59 Å². The molecule has 0 aliphatic heterocycles. The monoisotopic (exact) mass is 310 g/mol. The SMILES string of the molecule is CNC(=O)c1ccc(CN(C)C(=O)c2cc(C)ccc2C)cc1. The van der Waals surface area contributed by atoms with Crippen molar-refractivity contribution in [2.45, 2.75) is 20.4 Å². The summed E-state index contributed by atoms with van der Waals surface area (Å²) in [6, 6.07) is 13.2. The van der Waals surface area contributed by atoms with Gasteiger partial charge in [0.1, 0.15) is 0 Å². The summed E-state index contributed by atoms with van der Waals surface area (Å²) in [5.41, 5.74) is 4.37. The third kappa shape index (κ3) is 3.97. The molecule has 0 aromatic heterocycles. The van der Waals surface area contributed by atoms with Crippen LogP contribution in [0.15, 0.2) is 42.5 Å². The number of amides is 2. The molecule has 0 bridgehead atoms. The quantitative estimate of drug-likeness (QED) is 0.944. The number of nitrogens with one attached hydrogen (secondary N) is 1. The minimum Gasteiger partial charge on any atom is -0.355 e. The van der Waals surface area contributed by atoms with Gasteiger partial charge in [-0.3, -0.25) is 9.59 Å². The molecule has 4 heteroatoms. The molecule has 0 atom stereocenters. The molecule has 0 heterocycles. The van der Waals surface area contributed by atoms with E-state index in [0.717, 1.165) is 22.3 Å². The molecular weight excluding hydrogens is 288 g/mol. The van der Waals surface area contributed by atoms with Gasteiger partial charge in [0.2, 0.25) is 0 Å². The third-order valence-electron chi connectivity index (χ3n) is 3.83. The van der Waals surface area contributed by atoms with Crippen molar-refractivity contribution in [2.24, 2.45) is 0 Å². The van der Waals surface area contributed by atoms with Crippen molar-refractivity contribution < 1.29 is 9.59 Å². The van der Waals surface area contributed by atoms with Crippen LogP contribution in [0.1, 0.15) is 37.4 Å². The molecule has 2 amide bonds. The molecule has 1 N–H and O–H groups in total. The van der Waals surface area contributed by atoms with Crippen LogP contribution in [0, 0.1) is 13.8 Å². The largest absolute Gasteiger partial charge is 0.355 e. The Morgan fingerprint density at radius 2 is 1.70 bits per heavy atom. The number of carbonyl (C=O) groups is 2. The second-order valence-corrected chi connectivity index (χ2v) is 5.76. The predicted octanol–water partition coefficient (Wildman–Crippen LogP) is 2.94. The van der Waals surface area contributed by atoms with Crippen LogP contribution in [-0.2, 0) is 6.54 Å². The van der Waals surface area contributed by atoms with Crippen molar-refractivity contribution in [2.75, 3.05) is 14.1 Å². The van der Waals surface area contributed by atoms with Crippen LogP contribution < -0.4 is 5.32 Å². The molecule has 0 aliphatic rings. The first-order chi connectivity index (χ1) is 10.9. The van der Waals surface area contributed by atoms with Crippen molar-refractivity contribution >= 4 is 11.8 Å². The van der Waals surface area contributed by atoms with E-state index in [1.807, 2.05) is 44.2 Å². The summed E-state index contributed by atoms with van der Waals surface area (Å²) in [4.78, 5) is 25.8. The van der Waals surface area contributed by atoms with Crippen LogP contribution >= 0.6 is 0 Å². The molecule has 0 fully saturated rings. The number of benzene rings is 2. The summed E-state index contributed by atoms with van der Waals surface area (Å²) in [6.07, 6.45) is 0. The van der Waals surface area contributed by atoms with Gasteiger partial charge in [0.05, 0.1) is 0 Å². The molecular formula is C19H22N2O2. The van der Waals surface area contributed by atoms with Gasteiger partial charge in [0, 0.05) is 31.8 Å². The van der Waals surface area contributed by atoms with Gasteiger partial charge in [-0.2, -0.15) is 0 Å². The fourth-order valence-electron chi connectivity index (χ4n) is 2.42. The van der Waals surface area contributed by atoms with E-state index in [2.05, 4.69) is 5.32 Å². The van der Waals surface area contributed by atoms with Gasteiger partial charge in [-0.05, 0) is 43.2 Å². The van der Waals surface area contributed by atoms with E-state index < -0.39 is 0 Å². The number of aryl methyl sites for hydroxylation is 2. The maximum Gasteiger partial charge on any atom is 0.254 e. The first-order valence-electron chi connectivity index (χ1n) is 7.56. The van der Waals surface area contributed by atoms with Crippen molar-refractivity contribution in [3.8, 4) is 0 Å². The first-order valence-corrected chi connectivity index (χ1v) is 7.56. The van der Waals surface area contributed by atoms with Crippen LogP contribution in [0.4, 0.5) is 0 Å². The lowest BCUT2D eigenvalue weighted by atomic mass is 10.0. The average molecular weight is 310 g/mol. The van der Waals surface area contributed by atoms with Gasteiger partial charge >= 0.3 is 0 Å². The fraction of sp³-hybridized carbons (Fsp3) is 0.263. The minimum atomic E-state index is -0.114. The normalized spacial score (nSPS) is 10.3. The van der Waals surface area contributed by atoms with Gasteiger partial charge in [0.15, 0.2) is 0 Å². The number of rotatable bonds is 4. The zero-order chi connectivity index (χ0) is 17.0. The van der Waals surface area contributed by atoms with Crippen molar-refractivity contribution in [1.82, 2.24) is 10.2 Å². The lowest BCUT2D eigenvalue weighted by Gasteiger charge is -2.19. The second kappa shape index (κ2) is 7.09. The maximum atomic E-state index is 12.6. The Bertz CT molecular complexity index is 721. The summed E-state index contributed by atoms with van der Waals surface area (Å²) < 4.78 is 0. The van der Waals surface area contributed by atoms with Gasteiger partial charge < -0.3 is 10.2 Å². The predicted molar refractivity (Wildman–Crippen MR) is 91.5 cm³/mol. The van der Waals surface area contributed by atoms with Crippen LogP contribution in [-0.4, -0.2) is 30.8 Å². The lowest BCUT2D eigenvalue weighted by molar-refractivity contribution is 0.0784. The van der Waals surface area contributed by atoms with Crippen molar-refractivity contribution in [3.05, 3.63) is 70.3 Å². The standard InChI is InChI=1S/C19H22N2O2/c1-13-5-6-14(2)17(11-13)19(23)21(4)12-15-7-9-16(10-8-15)18(22)20-3/h5-11H,12H2,1-4H3,(H,20,22). The Balaban J connectivity index is 2.12. The first kappa shape index (κ1) is 16.7. The molecule has 23 heavy (non-hydrogen) atoms. The summed E-state index contributed by atoms with van der Waals surface area (Å²) in [7, 11) is 3.39. The van der Waals surface area contributed by atoms with Gasteiger partial charge in [-0.1, -0.05) is 29.8 Å². The number of carbonyl (C=O) groups excluding carboxylic acids is 2. The molecule has 0 saturated carbocycles. The zero-order valence-electron chi connectivity index (χ0n) is 14.0. The van der Waals surface area contributed by atoms with E-state index in [-0.39, 0.29) is 11.8 Å². The molecule has 2 rings (SSSR count). The lowest BCUT2D eigenvalue weighted by Crippen LogP contribution is -2.27. The van der Waals surface area contributed by atoms with Gasteiger partial charge in [-0.15, -0.1) is 0 Å². The zero-order valence-corrected chi connectivity index (χ0v) is 14.0. The summed E-state index contributed by atoms with van der Waals surface area (Å²) in [5, 5.41) is 2.59. The highest BCUT2D eigenvalue weighted by atomic mass is 16.2. The Labute approximate surface area is 137 Å². The highest BCUT2D eigenvalue weighted by Gasteiger charge is 2.14. The average Bonchev–Trinajstić information content (AvgIpc) is 2.56. The minimum absolute atomic E-state index is 0.00146. The molecule has 0 aliphatic carbocycles. The Hall–Kier alpha value is -2.62. The maximum absolute atomic E-state index is 12.6.